The molecule has 1 aromatic rings. The van der Waals surface area contributed by atoms with Crippen molar-refractivity contribution in [3.8, 4) is 0 Å². The molecule has 0 aromatic heterocycles. The highest BCUT2D eigenvalue weighted by atomic mass is 31.0. The maximum Gasteiger partial charge on any atom is 0.132 e. The minimum atomic E-state index is -0.227. The number of nitrogens with zero attached hydrogens (tertiary/aromatic N) is 1. The highest BCUT2D eigenvalue weighted by molar-refractivity contribution is 7.27. The Morgan fingerprint density at radius 3 is 2.68 bits per heavy atom. The molecule has 0 radical (unpaired) electrons. The molecule has 5 heteroatoms. The van der Waals surface area contributed by atoms with Crippen LogP contribution < -0.4 is 15.9 Å². The van der Waals surface area contributed by atoms with E-state index in [1.165, 1.54) is 6.07 Å². The molecule has 2 N–H and O–H groups in total. The van der Waals surface area contributed by atoms with E-state index in [9.17, 15) is 4.39 Å². The van der Waals surface area contributed by atoms with Gasteiger partial charge in [-0.3, -0.25) is 0 Å². The summed E-state index contributed by atoms with van der Waals surface area (Å²) in [4.78, 5) is 1.90. The molecule has 3 nitrogen and oxygen atoms in total. The van der Waals surface area contributed by atoms with Crippen molar-refractivity contribution >= 4 is 20.2 Å². The van der Waals surface area contributed by atoms with Gasteiger partial charge in [0.05, 0.1) is 5.82 Å². The van der Waals surface area contributed by atoms with Gasteiger partial charge >= 0.3 is 0 Å². The summed E-state index contributed by atoms with van der Waals surface area (Å²) in [6.07, 6.45) is 0.751. The maximum atomic E-state index is 13.3. The second kappa shape index (κ2) is 7.15. The first-order chi connectivity index (χ1) is 8.95. The quantitative estimate of drug-likeness (QED) is 0.751. The summed E-state index contributed by atoms with van der Waals surface area (Å²) >= 11 is 0. The lowest BCUT2D eigenvalue weighted by atomic mass is 10.2. The van der Waals surface area contributed by atoms with E-state index in [2.05, 4.69) is 33.0 Å². The monoisotopic (exact) mass is 281 g/mol. The number of benzene rings is 1. The van der Waals surface area contributed by atoms with Crippen LogP contribution in [0.5, 0.6) is 0 Å². The van der Waals surface area contributed by atoms with Gasteiger partial charge in [-0.05, 0) is 12.1 Å². The summed E-state index contributed by atoms with van der Waals surface area (Å²) in [7, 11) is 6.08. The molecule has 0 fully saturated rings. The van der Waals surface area contributed by atoms with E-state index in [1.54, 1.807) is 6.07 Å². The van der Waals surface area contributed by atoms with E-state index in [0.29, 0.717) is 11.8 Å². The molecule has 0 saturated carbocycles. The van der Waals surface area contributed by atoms with E-state index in [4.69, 9.17) is 0 Å². The molecule has 0 heterocycles. The van der Waals surface area contributed by atoms with Gasteiger partial charge in [-0.2, -0.15) is 0 Å². The third-order valence-corrected chi connectivity index (χ3v) is 3.38. The normalized spacial score (nSPS) is 9.89. The molecule has 0 spiro atoms. The first kappa shape index (κ1) is 15.5. The summed E-state index contributed by atoms with van der Waals surface area (Å²) < 4.78 is 13.3. The van der Waals surface area contributed by atoms with Crippen molar-refractivity contribution in [2.75, 3.05) is 26.0 Å². The third-order valence-electron chi connectivity index (χ3n) is 2.91. The number of anilines is 1. The Hall–Kier alpha value is -1.54. The number of hydrogen-bond acceptors (Lipinski definition) is 3. The molecule has 0 aliphatic carbocycles. The largest absolute Gasteiger partial charge is 0.385 e. The van der Waals surface area contributed by atoms with Gasteiger partial charge in [-0.15, -0.1) is 9.24 Å². The van der Waals surface area contributed by atoms with Gasteiger partial charge < -0.3 is 15.5 Å². The predicted octanol–water partition coefficient (Wildman–Crippen LogP) is 2.26. The van der Waals surface area contributed by atoms with E-state index in [-0.39, 0.29) is 5.82 Å². The molecule has 0 bridgehead atoms. The second-order valence-electron chi connectivity index (χ2n) is 4.24. The van der Waals surface area contributed by atoms with Gasteiger partial charge in [0, 0.05) is 43.7 Å². The molecular formula is C14H21FN3P. The Bertz CT molecular complexity index is 474. The summed E-state index contributed by atoms with van der Waals surface area (Å²) in [5, 5.41) is 6.70. The fourth-order valence-corrected chi connectivity index (χ4v) is 1.69. The van der Waals surface area contributed by atoms with Crippen LogP contribution in [0.4, 0.5) is 10.1 Å². The van der Waals surface area contributed by atoms with Crippen LogP contribution in [0.25, 0.3) is 0 Å². The van der Waals surface area contributed by atoms with Crippen molar-refractivity contribution in [3.63, 3.8) is 0 Å². The van der Waals surface area contributed by atoms with Crippen LogP contribution in [-0.4, -0.2) is 25.5 Å². The van der Waals surface area contributed by atoms with Crippen molar-refractivity contribution in [3.05, 3.63) is 48.7 Å². The Balaban J connectivity index is 2.43. The first-order valence-electron chi connectivity index (χ1n) is 6.02. The van der Waals surface area contributed by atoms with Crippen molar-refractivity contribution < 1.29 is 4.39 Å². The van der Waals surface area contributed by atoms with Gasteiger partial charge in [-0.1, -0.05) is 19.2 Å². The second-order valence-corrected chi connectivity index (χ2v) is 4.86. The number of halogens is 1. The number of hydrogen-bond donors (Lipinski definition) is 2. The van der Waals surface area contributed by atoms with Gasteiger partial charge in [0.2, 0.25) is 0 Å². The van der Waals surface area contributed by atoms with Crippen LogP contribution in [0.15, 0.2) is 42.9 Å². The fraction of sp³-hybridized carbons (Fsp3) is 0.286. The summed E-state index contributed by atoms with van der Waals surface area (Å²) in [5.74, 6) is 0.568. The predicted molar refractivity (Wildman–Crippen MR) is 84.0 cm³/mol. The van der Waals surface area contributed by atoms with Crippen LogP contribution in [0.2, 0.25) is 0 Å². The molecular weight excluding hydrogens is 260 g/mol. The highest BCUT2D eigenvalue weighted by Gasteiger charge is 2.04. The van der Waals surface area contributed by atoms with Crippen LogP contribution in [0.1, 0.15) is 6.42 Å². The van der Waals surface area contributed by atoms with Crippen LogP contribution in [0.3, 0.4) is 0 Å². The SMILES string of the molecule is C=C(CCNc1ccc(P)c(F)c1)N(C)C(=C)NC. The highest BCUT2D eigenvalue weighted by Crippen LogP contribution is 2.12. The topological polar surface area (TPSA) is 27.3 Å². The van der Waals surface area contributed by atoms with Crippen LogP contribution in [0, 0.1) is 5.82 Å². The Morgan fingerprint density at radius 2 is 2.11 bits per heavy atom. The molecule has 19 heavy (non-hydrogen) atoms. The zero-order valence-electron chi connectivity index (χ0n) is 11.5. The zero-order chi connectivity index (χ0) is 14.4. The fourth-order valence-electron chi connectivity index (χ4n) is 1.51. The molecule has 0 amide bonds. The van der Waals surface area contributed by atoms with E-state index < -0.39 is 0 Å². The standard InChI is InChI=1S/C14H21FN3P/c1-10(18(4)11(2)16-3)7-8-17-12-5-6-14(19)13(15)9-12/h5-6,9,16-17H,1-2,7-8,19H2,3-4H3. The molecule has 1 unspecified atom stereocenters. The average molecular weight is 281 g/mol. The lowest BCUT2D eigenvalue weighted by Gasteiger charge is -2.23. The van der Waals surface area contributed by atoms with Crippen molar-refractivity contribution in [1.29, 1.82) is 0 Å². The lowest BCUT2D eigenvalue weighted by Crippen LogP contribution is -2.25. The van der Waals surface area contributed by atoms with E-state index in [1.807, 2.05) is 25.1 Å². The lowest BCUT2D eigenvalue weighted by molar-refractivity contribution is 0.470. The Kier molecular flexibility index (Phi) is 5.84. The first-order valence-corrected chi connectivity index (χ1v) is 6.60. The van der Waals surface area contributed by atoms with Crippen molar-refractivity contribution in [1.82, 2.24) is 10.2 Å². The summed E-state index contributed by atoms with van der Waals surface area (Å²) in [6, 6.07) is 5.07. The molecule has 0 saturated heterocycles. The minimum Gasteiger partial charge on any atom is -0.385 e. The molecule has 0 aliphatic heterocycles. The van der Waals surface area contributed by atoms with Gasteiger partial charge in [0.1, 0.15) is 5.82 Å². The summed E-state index contributed by atoms with van der Waals surface area (Å²) in [5.41, 5.74) is 1.71. The third kappa shape index (κ3) is 4.56. The van der Waals surface area contributed by atoms with Gasteiger partial charge in [0.15, 0.2) is 0 Å². The van der Waals surface area contributed by atoms with Gasteiger partial charge in [0.25, 0.3) is 0 Å². The molecule has 1 aromatic carbocycles. The summed E-state index contributed by atoms with van der Waals surface area (Å²) in [6.45, 7) is 8.55. The number of nitrogens with one attached hydrogen (secondary N) is 2. The molecule has 1 atom stereocenters. The molecule has 1 rings (SSSR count). The minimum absolute atomic E-state index is 0.227. The number of rotatable bonds is 7. The zero-order valence-corrected chi connectivity index (χ0v) is 12.6. The van der Waals surface area contributed by atoms with E-state index in [0.717, 1.165) is 23.6 Å². The van der Waals surface area contributed by atoms with Gasteiger partial charge in [-0.25, -0.2) is 4.39 Å². The molecule has 0 aliphatic rings. The average Bonchev–Trinajstić information content (AvgIpc) is 2.40. The van der Waals surface area contributed by atoms with Crippen molar-refractivity contribution in [2.45, 2.75) is 6.42 Å². The van der Waals surface area contributed by atoms with Crippen LogP contribution >= 0.6 is 9.24 Å². The Labute approximate surface area is 116 Å². The maximum absolute atomic E-state index is 13.3. The van der Waals surface area contributed by atoms with Crippen LogP contribution in [-0.2, 0) is 0 Å². The van der Waals surface area contributed by atoms with Crippen molar-refractivity contribution in [2.24, 2.45) is 0 Å². The smallest absolute Gasteiger partial charge is 0.132 e. The van der Waals surface area contributed by atoms with E-state index >= 15 is 0 Å². The molecule has 104 valence electrons. The Morgan fingerprint density at radius 1 is 1.42 bits per heavy atom.